The average molecular weight is 399 g/mol. The van der Waals surface area contributed by atoms with Gasteiger partial charge in [-0.1, -0.05) is 0 Å². The zero-order valence-corrected chi connectivity index (χ0v) is 13.5. The minimum atomic E-state index is 0.200. The molecule has 1 heterocycles. The van der Waals surface area contributed by atoms with E-state index in [4.69, 9.17) is 9.15 Å². The van der Waals surface area contributed by atoms with Crippen LogP contribution in [-0.4, -0.2) is 17.2 Å². The minimum Gasteiger partial charge on any atom is -0.508 e. The lowest BCUT2D eigenvalue weighted by Gasteiger charge is -2.03. The quantitative estimate of drug-likeness (QED) is 0.677. The lowest BCUT2D eigenvalue weighted by Crippen LogP contribution is -1.85. The second-order valence-electron chi connectivity index (χ2n) is 4.12. The molecule has 0 fully saturated rings. The highest BCUT2D eigenvalue weighted by atomic mass is 79.9. The molecule has 0 aliphatic heterocycles. The van der Waals surface area contributed by atoms with Crippen molar-refractivity contribution in [1.82, 2.24) is 4.98 Å². The van der Waals surface area contributed by atoms with E-state index in [2.05, 4.69) is 36.8 Å². The summed E-state index contributed by atoms with van der Waals surface area (Å²) in [4.78, 5) is 4.47. The molecule has 2 aromatic carbocycles. The Bertz CT molecular complexity index is 781. The van der Waals surface area contributed by atoms with Crippen molar-refractivity contribution in [2.24, 2.45) is 0 Å². The van der Waals surface area contributed by atoms with E-state index in [1.165, 1.54) is 0 Å². The first-order chi connectivity index (χ1) is 9.60. The van der Waals surface area contributed by atoms with Gasteiger partial charge in [0.2, 0.25) is 5.89 Å². The van der Waals surface area contributed by atoms with Crippen LogP contribution in [-0.2, 0) is 0 Å². The van der Waals surface area contributed by atoms with Crippen molar-refractivity contribution in [2.45, 2.75) is 0 Å². The standard InChI is InChI=1S/C14H9Br2NO3/c1-19-12-10(16)6-9(15)11-13(12)20-14(17-11)7-2-4-8(18)5-3-7/h2-6,18H,1H3. The Kier molecular flexibility index (Phi) is 3.43. The Morgan fingerprint density at radius 1 is 1.15 bits per heavy atom. The fourth-order valence-corrected chi connectivity index (χ4v) is 3.28. The van der Waals surface area contributed by atoms with Crippen molar-refractivity contribution in [2.75, 3.05) is 7.11 Å². The van der Waals surface area contributed by atoms with Gasteiger partial charge in [0.25, 0.3) is 0 Å². The van der Waals surface area contributed by atoms with Crippen LogP contribution in [0, 0.1) is 0 Å². The summed E-state index contributed by atoms with van der Waals surface area (Å²) in [6.07, 6.45) is 0. The maximum absolute atomic E-state index is 9.32. The first-order valence-electron chi connectivity index (χ1n) is 5.72. The largest absolute Gasteiger partial charge is 0.508 e. The van der Waals surface area contributed by atoms with Crippen LogP contribution in [0.2, 0.25) is 0 Å². The topological polar surface area (TPSA) is 55.5 Å². The van der Waals surface area contributed by atoms with E-state index in [-0.39, 0.29) is 5.75 Å². The summed E-state index contributed by atoms with van der Waals surface area (Å²) >= 11 is 6.89. The number of fused-ring (bicyclic) bond motifs is 1. The normalized spacial score (nSPS) is 10.9. The first kappa shape index (κ1) is 13.5. The summed E-state index contributed by atoms with van der Waals surface area (Å²) < 4.78 is 12.7. The number of benzene rings is 2. The lowest BCUT2D eigenvalue weighted by molar-refractivity contribution is 0.408. The first-order valence-corrected chi connectivity index (χ1v) is 7.30. The van der Waals surface area contributed by atoms with Crippen LogP contribution < -0.4 is 4.74 Å². The van der Waals surface area contributed by atoms with E-state index >= 15 is 0 Å². The summed E-state index contributed by atoms with van der Waals surface area (Å²) in [7, 11) is 1.58. The third kappa shape index (κ3) is 2.19. The third-order valence-electron chi connectivity index (χ3n) is 2.85. The zero-order chi connectivity index (χ0) is 14.3. The molecule has 0 amide bonds. The summed E-state index contributed by atoms with van der Waals surface area (Å²) in [5.74, 6) is 1.27. The number of ether oxygens (including phenoxy) is 1. The molecule has 20 heavy (non-hydrogen) atoms. The van der Waals surface area contributed by atoms with Crippen molar-refractivity contribution < 1.29 is 14.3 Å². The molecule has 0 spiro atoms. The highest BCUT2D eigenvalue weighted by molar-refractivity contribution is 9.11. The number of hydrogen-bond acceptors (Lipinski definition) is 4. The Morgan fingerprint density at radius 3 is 2.50 bits per heavy atom. The Morgan fingerprint density at radius 2 is 1.85 bits per heavy atom. The molecule has 4 nitrogen and oxygen atoms in total. The molecule has 0 saturated heterocycles. The predicted octanol–water partition coefficient (Wildman–Crippen LogP) is 4.73. The number of aromatic nitrogens is 1. The molecule has 0 bridgehead atoms. The lowest BCUT2D eigenvalue weighted by atomic mass is 10.2. The van der Waals surface area contributed by atoms with Crippen LogP contribution in [0.3, 0.4) is 0 Å². The van der Waals surface area contributed by atoms with Crippen LogP contribution in [0.1, 0.15) is 0 Å². The van der Waals surface area contributed by atoms with Crippen molar-refractivity contribution in [1.29, 1.82) is 0 Å². The van der Waals surface area contributed by atoms with E-state index in [0.29, 0.717) is 22.7 Å². The molecule has 1 N–H and O–H groups in total. The highest BCUT2D eigenvalue weighted by Crippen LogP contribution is 2.40. The molecule has 0 atom stereocenters. The van der Waals surface area contributed by atoms with Gasteiger partial charge in [0, 0.05) is 10.0 Å². The van der Waals surface area contributed by atoms with E-state index in [0.717, 1.165) is 14.5 Å². The molecule has 0 unspecified atom stereocenters. The SMILES string of the molecule is COc1c(Br)cc(Br)c2nc(-c3ccc(O)cc3)oc12. The Labute approximate surface area is 131 Å². The van der Waals surface area contributed by atoms with Crippen molar-refractivity contribution in [3.63, 3.8) is 0 Å². The fourth-order valence-electron chi connectivity index (χ4n) is 1.91. The average Bonchev–Trinajstić information content (AvgIpc) is 2.85. The second kappa shape index (κ2) is 5.10. The van der Waals surface area contributed by atoms with E-state index in [1.54, 1.807) is 31.4 Å². The van der Waals surface area contributed by atoms with E-state index < -0.39 is 0 Å². The fraction of sp³-hybridized carbons (Fsp3) is 0.0714. The van der Waals surface area contributed by atoms with Gasteiger partial charge in [-0.2, -0.15) is 0 Å². The van der Waals surface area contributed by atoms with Gasteiger partial charge >= 0.3 is 0 Å². The molecule has 0 aliphatic carbocycles. The van der Waals surface area contributed by atoms with Crippen LogP contribution >= 0.6 is 31.9 Å². The maximum atomic E-state index is 9.32. The smallest absolute Gasteiger partial charge is 0.227 e. The van der Waals surface area contributed by atoms with Crippen molar-refractivity contribution >= 4 is 43.0 Å². The van der Waals surface area contributed by atoms with Gasteiger partial charge in [-0.3, -0.25) is 0 Å². The Hall–Kier alpha value is -1.53. The molecule has 3 aromatic rings. The van der Waals surface area contributed by atoms with E-state index in [9.17, 15) is 5.11 Å². The third-order valence-corrected chi connectivity index (χ3v) is 4.04. The summed E-state index contributed by atoms with van der Waals surface area (Å²) in [5, 5.41) is 9.32. The number of oxazole rings is 1. The number of nitrogens with zero attached hydrogens (tertiary/aromatic N) is 1. The Balaban J connectivity index is 2.24. The molecular formula is C14H9Br2NO3. The molecule has 3 rings (SSSR count). The van der Waals surface area contributed by atoms with Gasteiger partial charge < -0.3 is 14.3 Å². The summed E-state index contributed by atoms with van der Waals surface area (Å²) in [6.45, 7) is 0. The van der Waals surface area contributed by atoms with E-state index in [1.807, 2.05) is 6.07 Å². The molecule has 102 valence electrons. The van der Waals surface area contributed by atoms with Crippen LogP contribution in [0.25, 0.3) is 22.6 Å². The van der Waals surface area contributed by atoms with Gasteiger partial charge in [-0.25, -0.2) is 4.98 Å². The molecule has 0 saturated carbocycles. The molecule has 0 aliphatic rings. The number of rotatable bonds is 2. The van der Waals surface area contributed by atoms with Crippen LogP contribution in [0.15, 0.2) is 43.7 Å². The summed E-state index contributed by atoms with van der Waals surface area (Å²) in [6, 6.07) is 8.54. The number of methoxy groups -OCH3 is 1. The van der Waals surface area contributed by atoms with Crippen LogP contribution in [0.5, 0.6) is 11.5 Å². The molecular weight excluding hydrogens is 390 g/mol. The van der Waals surface area contributed by atoms with Crippen molar-refractivity contribution in [3.8, 4) is 23.0 Å². The van der Waals surface area contributed by atoms with Gasteiger partial charge in [-0.15, -0.1) is 0 Å². The highest BCUT2D eigenvalue weighted by Gasteiger charge is 2.18. The predicted molar refractivity (Wildman–Crippen MR) is 83.1 cm³/mol. The van der Waals surface area contributed by atoms with Gasteiger partial charge in [0.15, 0.2) is 11.3 Å². The van der Waals surface area contributed by atoms with Gasteiger partial charge in [0.05, 0.1) is 11.6 Å². The number of hydrogen-bond donors (Lipinski definition) is 1. The van der Waals surface area contributed by atoms with Gasteiger partial charge in [0.1, 0.15) is 11.3 Å². The zero-order valence-electron chi connectivity index (χ0n) is 10.4. The minimum absolute atomic E-state index is 0.200. The van der Waals surface area contributed by atoms with Crippen LogP contribution in [0.4, 0.5) is 0 Å². The number of phenolic OH excluding ortho intramolecular Hbond substituents is 1. The number of halogens is 2. The number of phenols is 1. The van der Waals surface area contributed by atoms with Crippen molar-refractivity contribution in [3.05, 3.63) is 39.3 Å². The molecule has 0 radical (unpaired) electrons. The number of aromatic hydroxyl groups is 1. The molecule has 6 heteroatoms. The molecule has 1 aromatic heterocycles. The second-order valence-corrected chi connectivity index (χ2v) is 5.83. The maximum Gasteiger partial charge on any atom is 0.227 e. The summed E-state index contributed by atoms with van der Waals surface area (Å²) in [5.41, 5.74) is 2.04. The monoisotopic (exact) mass is 397 g/mol. The van der Waals surface area contributed by atoms with Gasteiger partial charge in [-0.05, 0) is 62.2 Å².